The lowest BCUT2D eigenvalue weighted by atomic mass is 10.0. The molecule has 0 unspecified atom stereocenters. The number of nitrogens with zero attached hydrogens (tertiary/aromatic N) is 1. The molecule has 0 atom stereocenters. The van der Waals surface area contributed by atoms with Crippen LogP contribution in [0, 0.1) is 0 Å². The highest BCUT2D eigenvalue weighted by Crippen LogP contribution is 2.30. The molecule has 2 aromatic rings. The largest absolute Gasteiger partial charge is 0.496 e. The van der Waals surface area contributed by atoms with Gasteiger partial charge in [0.15, 0.2) is 5.78 Å². The Kier molecular flexibility index (Phi) is 4.52. The standard InChI is InChI=1S/C19H18N2O4/c1-12(22)13-7-8-17(25-2)14(9-13)10-19(24)21-11-18(23)20-15-5-3-4-6-16(15)21/h3-9H,10-11H2,1-2H3,(H,20,23). The number of hydrogen-bond acceptors (Lipinski definition) is 4. The van der Waals surface area contributed by atoms with Crippen molar-refractivity contribution < 1.29 is 19.1 Å². The van der Waals surface area contributed by atoms with E-state index in [0.29, 0.717) is 28.3 Å². The molecule has 3 rings (SSSR count). The average molecular weight is 338 g/mol. The summed E-state index contributed by atoms with van der Waals surface area (Å²) in [5, 5.41) is 2.75. The molecule has 1 N–H and O–H groups in total. The van der Waals surface area contributed by atoms with Crippen LogP contribution in [0.2, 0.25) is 0 Å². The predicted molar refractivity (Wildman–Crippen MR) is 94.1 cm³/mol. The van der Waals surface area contributed by atoms with Gasteiger partial charge in [-0.2, -0.15) is 0 Å². The summed E-state index contributed by atoms with van der Waals surface area (Å²) in [5.41, 5.74) is 2.40. The quantitative estimate of drug-likeness (QED) is 0.869. The highest BCUT2D eigenvalue weighted by molar-refractivity contribution is 6.10. The summed E-state index contributed by atoms with van der Waals surface area (Å²) in [6, 6.07) is 12.2. The van der Waals surface area contributed by atoms with E-state index in [4.69, 9.17) is 4.74 Å². The maximum atomic E-state index is 12.8. The lowest BCUT2D eigenvalue weighted by Crippen LogP contribution is -2.42. The average Bonchev–Trinajstić information content (AvgIpc) is 2.60. The van der Waals surface area contributed by atoms with E-state index >= 15 is 0 Å². The van der Waals surface area contributed by atoms with Gasteiger partial charge in [-0.3, -0.25) is 14.4 Å². The molecule has 6 nitrogen and oxygen atoms in total. The number of carbonyl (C=O) groups excluding carboxylic acids is 3. The molecule has 0 fully saturated rings. The first kappa shape index (κ1) is 16.7. The van der Waals surface area contributed by atoms with Crippen LogP contribution in [0.5, 0.6) is 5.75 Å². The van der Waals surface area contributed by atoms with Gasteiger partial charge in [-0.15, -0.1) is 0 Å². The van der Waals surface area contributed by atoms with Crippen LogP contribution in [0.15, 0.2) is 42.5 Å². The molecular weight excluding hydrogens is 320 g/mol. The van der Waals surface area contributed by atoms with Crippen LogP contribution >= 0.6 is 0 Å². The van der Waals surface area contributed by atoms with Crippen molar-refractivity contribution in [3.63, 3.8) is 0 Å². The van der Waals surface area contributed by atoms with Gasteiger partial charge in [0.05, 0.1) is 24.9 Å². The number of ether oxygens (including phenoxy) is 1. The van der Waals surface area contributed by atoms with Crippen molar-refractivity contribution in [2.75, 3.05) is 23.9 Å². The van der Waals surface area contributed by atoms with Gasteiger partial charge in [-0.25, -0.2) is 0 Å². The third kappa shape index (κ3) is 3.38. The summed E-state index contributed by atoms with van der Waals surface area (Å²) in [6.45, 7) is 1.43. The molecule has 25 heavy (non-hydrogen) atoms. The van der Waals surface area contributed by atoms with E-state index in [1.165, 1.54) is 18.9 Å². The number of ketones is 1. The molecule has 1 aliphatic rings. The predicted octanol–water partition coefficient (Wildman–Crippen LogP) is 2.43. The monoisotopic (exact) mass is 338 g/mol. The zero-order chi connectivity index (χ0) is 18.0. The van der Waals surface area contributed by atoms with Crippen LogP contribution in [-0.2, 0) is 16.0 Å². The number of methoxy groups -OCH3 is 1. The fraction of sp³-hybridized carbons (Fsp3) is 0.211. The Morgan fingerprint density at radius 3 is 2.68 bits per heavy atom. The lowest BCUT2D eigenvalue weighted by Gasteiger charge is -2.29. The first-order valence-corrected chi connectivity index (χ1v) is 7.86. The van der Waals surface area contributed by atoms with Crippen LogP contribution in [0.4, 0.5) is 11.4 Å². The molecule has 6 heteroatoms. The minimum atomic E-state index is -0.239. The lowest BCUT2D eigenvalue weighted by molar-refractivity contribution is -0.121. The van der Waals surface area contributed by atoms with Gasteiger partial charge in [0.1, 0.15) is 12.3 Å². The molecular formula is C19H18N2O4. The van der Waals surface area contributed by atoms with Crippen molar-refractivity contribution >= 4 is 29.0 Å². The maximum Gasteiger partial charge on any atom is 0.244 e. The number of anilines is 2. The second-order valence-electron chi connectivity index (χ2n) is 5.80. The number of fused-ring (bicyclic) bond motifs is 1. The van der Waals surface area contributed by atoms with Crippen molar-refractivity contribution in [2.24, 2.45) is 0 Å². The van der Waals surface area contributed by atoms with Gasteiger partial charge >= 0.3 is 0 Å². The number of Topliss-reactive ketones (excluding diaryl/α,β-unsaturated/α-hetero) is 1. The van der Waals surface area contributed by atoms with Crippen molar-refractivity contribution in [3.8, 4) is 5.75 Å². The van der Waals surface area contributed by atoms with Gasteiger partial charge in [-0.05, 0) is 37.3 Å². The number of hydrogen-bond donors (Lipinski definition) is 1. The van der Waals surface area contributed by atoms with Crippen molar-refractivity contribution in [1.82, 2.24) is 0 Å². The normalized spacial score (nSPS) is 13.0. The SMILES string of the molecule is COc1ccc(C(C)=O)cc1CC(=O)N1CC(=O)Nc2ccccc21. The Bertz CT molecular complexity index is 860. The highest BCUT2D eigenvalue weighted by atomic mass is 16.5. The second kappa shape index (κ2) is 6.76. The number of amides is 2. The smallest absolute Gasteiger partial charge is 0.244 e. The molecule has 1 heterocycles. The van der Waals surface area contributed by atoms with Crippen molar-refractivity contribution in [2.45, 2.75) is 13.3 Å². The minimum Gasteiger partial charge on any atom is -0.496 e. The molecule has 0 saturated carbocycles. The molecule has 1 aliphatic heterocycles. The summed E-state index contributed by atoms with van der Waals surface area (Å²) in [4.78, 5) is 37.8. The van der Waals surface area contributed by atoms with E-state index in [0.717, 1.165) is 0 Å². The molecule has 128 valence electrons. The van der Waals surface area contributed by atoms with Crippen LogP contribution in [0.3, 0.4) is 0 Å². The van der Waals surface area contributed by atoms with Crippen LogP contribution in [0.1, 0.15) is 22.8 Å². The van der Waals surface area contributed by atoms with E-state index in [-0.39, 0.29) is 30.6 Å². The maximum absolute atomic E-state index is 12.8. The van der Waals surface area contributed by atoms with Crippen LogP contribution in [-0.4, -0.2) is 31.3 Å². The molecule has 0 saturated heterocycles. The number of nitrogens with one attached hydrogen (secondary N) is 1. The van der Waals surface area contributed by atoms with E-state index in [2.05, 4.69) is 5.32 Å². The van der Waals surface area contributed by atoms with Gasteiger partial charge in [0.25, 0.3) is 0 Å². The third-order valence-electron chi connectivity index (χ3n) is 4.10. The summed E-state index contributed by atoms with van der Waals surface area (Å²) in [6.07, 6.45) is 0.0336. The molecule has 0 bridgehead atoms. The molecule has 2 amide bonds. The first-order valence-electron chi connectivity index (χ1n) is 7.86. The van der Waals surface area contributed by atoms with E-state index < -0.39 is 0 Å². The first-order chi connectivity index (χ1) is 12.0. The zero-order valence-electron chi connectivity index (χ0n) is 14.0. The Morgan fingerprint density at radius 2 is 1.96 bits per heavy atom. The second-order valence-corrected chi connectivity index (χ2v) is 5.80. The fourth-order valence-electron chi connectivity index (χ4n) is 2.85. The van der Waals surface area contributed by atoms with E-state index in [1.807, 2.05) is 6.07 Å². The number of benzene rings is 2. The zero-order valence-corrected chi connectivity index (χ0v) is 14.0. The molecule has 0 aliphatic carbocycles. The third-order valence-corrected chi connectivity index (χ3v) is 4.10. The topological polar surface area (TPSA) is 75.7 Å². The molecule has 0 radical (unpaired) electrons. The van der Waals surface area contributed by atoms with Crippen LogP contribution < -0.4 is 15.0 Å². The summed E-state index contributed by atoms with van der Waals surface area (Å²) in [7, 11) is 1.51. The van der Waals surface area contributed by atoms with Gasteiger partial charge in [-0.1, -0.05) is 12.1 Å². The van der Waals surface area contributed by atoms with Crippen molar-refractivity contribution in [3.05, 3.63) is 53.6 Å². The van der Waals surface area contributed by atoms with Gasteiger partial charge in [0.2, 0.25) is 11.8 Å². The Morgan fingerprint density at radius 1 is 1.20 bits per heavy atom. The Labute approximate surface area is 145 Å². The Hall–Kier alpha value is -3.15. The number of para-hydroxylation sites is 2. The van der Waals surface area contributed by atoms with Gasteiger partial charge in [0, 0.05) is 11.1 Å². The molecule has 0 spiro atoms. The summed E-state index contributed by atoms with van der Waals surface area (Å²) in [5.74, 6) is -0.0232. The van der Waals surface area contributed by atoms with Crippen molar-refractivity contribution in [1.29, 1.82) is 0 Å². The molecule has 2 aromatic carbocycles. The summed E-state index contributed by atoms with van der Waals surface area (Å²) >= 11 is 0. The van der Waals surface area contributed by atoms with E-state index in [9.17, 15) is 14.4 Å². The fourth-order valence-corrected chi connectivity index (χ4v) is 2.85. The number of carbonyl (C=O) groups is 3. The molecule has 0 aromatic heterocycles. The van der Waals surface area contributed by atoms with Gasteiger partial charge < -0.3 is 15.0 Å². The minimum absolute atomic E-state index is 0.0336. The van der Waals surface area contributed by atoms with Crippen LogP contribution in [0.25, 0.3) is 0 Å². The Balaban J connectivity index is 1.92. The highest BCUT2D eigenvalue weighted by Gasteiger charge is 2.27. The summed E-state index contributed by atoms with van der Waals surface area (Å²) < 4.78 is 5.30. The van der Waals surface area contributed by atoms with E-state index in [1.54, 1.807) is 36.4 Å². The number of rotatable bonds is 4.